The van der Waals surface area contributed by atoms with Gasteiger partial charge in [0.15, 0.2) is 0 Å². The fourth-order valence-electron chi connectivity index (χ4n) is 1.05. The molecule has 3 heteroatoms. The van der Waals surface area contributed by atoms with Crippen molar-refractivity contribution >= 4 is 23.5 Å². The zero-order valence-corrected chi connectivity index (χ0v) is 11.5. The van der Waals surface area contributed by atoms with Crippen LogP contribution in [0.2, 0.25) is 5.02 Å². The largest absolute Gasteiger partial charge is 0.398 e. The smallest absolute Gasteiger partial charge is 0.0570 e. The summed E-state index contributed by atoms with van der Waals surface area (Å²) < 4.78 is 0. The average Bonchev–Trinajstić information content (AvgIpc) is 2.32. The van der Waals surface area contributed by atoms with Crippen LogP contribution in [0.4, 0.5) is 5.69 Å². The summed E-state index contributed by atoms with van der Waals surface area (Å²) in [5, 5.41) is 7.66. The quantitative estimate of drug-likeness (QED) is 0.443. The normalized spacial score (nSPS) is 8.82. The highest BCUT2D eigenvalue weighted by Crippen LogP contribution is 2.21. The summed E-state index contributed by atoms with van der Waals surface area (Å²) >= 11 is 6.00. The molecule has 1 aromatic carbocycles. The minimum absolute atomic E-state index is 0.296. The molecule has 1 rings (SSSR count). The molecule has 0 fully saturated rings. The van der Waals surface area contributed by atoms with Crippen molar-refractivity contribution in [2.45, 2.75) is 27.7 Å². The molecule has 0 amide bonds. The average molecular weight is 251 g/mol. The Balaban J connectivity index is 0.00000121. The minimum atomic E-state index is 0.296. The maximum atomic E-state index is 7.12. The van der Waals surface area contributed by atoms with Crippen LogP contribution in [0.3, 0.4) is 0 Å². The van der Waals surface area contributed by atoms with Crippen LogP contribution < -0.4 is 5.73 Å². The zero-order valence-electron chi connectivity index (χ0n) is 10.8. The Morgan fingerprint density at radius 3 is 2.41 bits per heavy atom. The molecule has 3 N–H and O–H groups in total. The lowest BCUT2D eigenvalue weighted by Gasteiger charge is -2.02. The first kappa shape index (κ1) is 15.5. The number of nitrogen functional groups attached to an aromatic ring is 1. The Hall–Kier alpha value is -1.46. The summed E-state index contributed by atoms with van der Waals surface area (Å²) in [5.74, 6) is 6.28. The predicted molar refractivity (Wildman–Crippen MR) is 76.8 cm³/mol. The Kier molecular flexibility index (Phi) is 7.09. The minimum Gasteiger partial charge on any atom is -0.398 e. The summed E-state index contributed by atoms with van der Waals surface area (Å²) in [5.41, 5.74) is 7.60. The van der Waals surface area contributed by atoms with Crippen LogP contribution in [-0.2, 0) is 0 Å². The van der Waals surface area contributed by atoms with E-state index < -0.39 is 0 Å². The van der Waals surface area contributed by atoms with E-state index in [9.17, 15) is 0 Å². The molecule has 0 spiro atoms. The number of anilines is 1. The molecule has 0 bridgehead atoms. The highest BCUT2D eigenvalue weighted by molar-refractivity contribution is 6.32. The number of rotatable bonds is 1. The molecule has 0 saturated heterocycles. The van der Waals surface area contributed by atoms with Gasteiger partial charge in [0, 0.05) is 28.9 Å². The molecule has 0 heterocycles. The van der Waals surface area contributed by atoms with Crippen LogP contribution in [0.1, 0.15) is 38.8 Å². The van der Waals surface area contributed by atoms with Crippen LogP contribution in [0.25, 0.3) is 0 Å². The van der Waals surface area contributed by atoms with Gasteiger partial charge in [-0.2, -0.15) is 0 Å². The van der Waals surface area contributed by atoms with E-state index in [4.69, 9.17) is 22.7 Å². The van der Waals surface area contributed by atoms with Crippen LogP contribution in [0.5, 0.6) is 0 Å². The van der Waals surface area contributed by atoms with E-state index in [-0.39, 0.29) is 0 Å². The van der Waals surface area contributed by atoms with Gasteiger partial charge in [-0.25, -0.2) is 0 Å². The van der Waals surface area contributed by atoms with Gasteiger partial charge in [0.25, 0.3) is 0 Å². The van der Waals surface area contributed by atoms with Crippen LogP contribution in [-0.4, -0.2) is 6.21 Å². The summed E-state index contributed by atoms with van der Waals surface area (Å²) in [7, 11) is 0. The summed E-state index contributed by atoms with van der Waals surface area (Å²) in [6, 6.07) is 3.37. The van der Waals surface area contributed by atoms with Crippen LogP contribution in [0.15, 0.2) is 12.1 Å². The Bertz CT molecular complexity index is 440. The molecule has 92 valence electrons. The summed E-state index contributed by atoms with van der Waals surface area (Å²) in [6.45, 7) is 8.02. The van der Waals surface area contributed by atoms with Crippen molar-refractivity contribution in [2.75, 3.05) is 5.73 Å². The lowest BCUT2D eigenvalue weighted by atomic mass is 10.1. The van der Waals surface area contributed by atoms with Crippen LogP contribution >= 0.6 is 11.6 Å². The van der Waals surface area contributed by atoms with E-state index in [2.05, 4.69) is 11.8 Å². The number of hydrogen-bond acceptors (Lipinski definition) is 2. The van der Waals surface area contributed by atoms with Gasteiger partial charge in [-0.1, -0.05) is 51.1 Å². The van der Waals surface area contributed by atoms with Gasteiger partial charge in [0.1, 0.15) is 0 Å². The Morgan fingerprint density at radius 2 is 1.94 bits per heavy atom. The van der Waals surface area contributed by atoms with E-state index in [1.165, 1.54) is 6.21 Å². The van der Waals surface area contributed by atoms with Crippen molar-refractivity contribution in [3.63, 3.8) is 0 Å². The zero-order chi connectivity index (χ0) is 13.4. The highest BCUT2D eigenvalue weighted by Gasteiger charge is 2.02. The Morgan fingerprint density at radius 1 is 1.35 bits per heavy atom. The SMILES string of the molecule is CC.CC(C)C#Cc1cc(N)c(C=N)cc1Cl. The summed E-state index contributed by atoms with van der Waals surface area (Å²) in [4.78, 5) is 0. The van der Waals surface area contributed by atoms with Crippen LogP contribution in [0, 0.1) is 23.2 Å². The van der Waals surface area contributed by atoms with Crippen molar-refractivity contribution < 1.29 is 0 Å². The molecule has 0 radical (unpaired) electrons. The molecule has 17 heavy (non-hydrogen) atoms. The maximum Gasteiger partial charge on any atom is 0.0570 e. The van der Waals surface area contributed by atoms with Crippen molar-refractivity contribution in [3.05, 3.63) is 28.3 Å². The molecule has 0 atom stereocenters. The van der Waals surface area contributed by atoms with E-state index >= 15 is 0 Å². The Labute approximate surface area is 109 Å². The number of hydrogen-bond donors (Lipinski definition) is 2. The molecule has 0 aliphatic heterocycles. The van der Waals surface area contributed by atoms with Crippen molar-refractivity contribution in [1.29, 1.82) is 5.41 Å². The molecule has 0 aliphatic rings. The molecule has 0 saturated carbocycles. The summed E-state index contributed by atoms with van der Waals surface area (Å²) in [6.07, 6.45) is 1.18. The molecule has 0 aromatic heterocycles. The lowest BCUT2D eigenvalue weighted by Crippen LogP contribution is -1.94. The topological polar surface area (TPSA) is 49.9 Å². The van der Waals surface area contributed by atoms with Crippen molar-refractivity contribution in [1.82, 2.24) is 0 Å². The molecule has 0 aliphatic carbocycles. The standard InChI is InChI=1S/C12H13ClN2.C2H6/c1-8(2)3-4-9-6-12(15)10(7-14)5-11(9)13;1-2/h5-8,14H,15H2,1-2H3;1-2H3. The fraction of sp³-hybridized carbons (Fsp3) is 0.357. The molecular weight excluding hydrogens is 232 g/mol. The number of nitrogens with one attached hydrogen (secondary N) is 1. The highest BCUT2D eigenvalue weighted by atomic mass is 35.5. The second-order valence-corrected chi connectivity index (χ2v) is 3.94. The number of nitrogens with two attached hydrogens (primary N) is 1. The second-order valence-electron chi connectivity index (χ2n) is 3.53. The third-order valence-corrected chi connectivity index (χ3v) is 2.14. The maximum absolute atomic E-state index is 7.12. The first-order chi connectivity index (χ1) is 8.04. The first-order valence-corrected chi connectivity index (χ1v) is 6.03. The number of benzene rings is 1. The van der Waals surface area contributed by atoms with Gasteiger partial charge >= 0.3 is 0 Å². The van der Waals surface area contributed by atoms with E-state index in [1.807, 2.05) is 27.7 Å². The lowest BCUT2D eigenvalue weighted by molar-refractivity contribution is 0.866. The van der Waals surface area contributed by atoms with Crippen molar-refractivity contribution in [2.24, 2.45) is 5.92 Å². The van der Waals surface area contributed by atoms with E-state index in [1.54, 1.807) is 12.1 Å². The van der Waals surface area contributed by atoms with Gasteiger partial charge in [0.2, 0.25) is 0 Å². The second kappa shape index (κ2) is 7.76. The van der Waals surface area contributed by atoms with Gasteiger partial charge in [0.05, 0.1) is 5.02 Å². The molecule has 2 nitrogen and oxygen atoms in total. The predicted octanol–water partition coefficient (Wildman–Crippen LogP) is 3.95. The monoisotopic (exact) mass is 250 g/mol. The molecular formula is C14H19ClN2. The third-order valence-electron chi connectivity index (χ3n) is 1.82. The first-order valence-electron chi connectivity index (χ1n) is 5.65. The molecule has 1 aromatic rings. The van der Waals surface area contributed by atoms with E-state index in [0.717, 1.165) is 0 Å². The van der Waals surface area contributed by atoms with Gasteiger partial charge in [-0.05, 0) is 12.1 Å². The third kappa shape index (κ3) is 4.93. The van der Waals surface area contributed by atoms with Gasteiger partial charge in [-0.3, -0.25) is 0 Å². The van der Waals surface area contributed by atoms with Gasteiger partial charge < -0.3 is 11.1 Å². The van der Waals surface area contributed by atoms with Crippen molar-refractivity contribution in [3.8, 4) is 11.8 Å². The number of halogens is 1. The fourth-order valence-corrected chi connectivity index (χ4v) is 1.27. The van der Waals surface area contributed by atoms with Gasteiger partial charge in [-0.15, -0.1) is 0 Å². The molecule has 0 unspecified atom stereocenters. The van der Waals surface area contributed by atoms with E-state index in [0.29, 0.717) is 27.8 Å².